The van der Waals surface area contributed by atoms with E-state index in [0.717, 1.165) is 0 Å². The van der Waals surface area contributed by atoms with Crippen molar-refractivity contribution in [1.82, 2.24) is 10.2 Å². The van der Waals surface area contributed by atoms with E-state index < -0.39 is 18.8 Å². The molecule has 4 nitrogen and oxygen atoms in total. The van der Waals surface area contributed by atoms with Crippen molar-refractivity contribution in [3.8, 4) is 0 Å². The molecule has 0 saturated carbocycles. The number of amides is 2. The Labute approximate surface area is 115 Å². The van der Waals surface area contributed by atoms with Gasteiger partial charge < -0.3 is 16.0 Å². The van der Waals surface area contributed by atoms with Gasteiger partial charge in [0.2, 0.25) is 0 Å². The first-order valence-electron chi connectivity index (χ1n) is 6.15. The van der Waals surface area contributed by atoms with Crippen LogP contribution in [-0.2, 0) is 6.54 Å². The molecule has 3 N–H and O–H groups in total. The molecule has 0 spiro atoms. The Kier molecular flexibility index (Phi) is 5.24. The van der Waals surface area contributed by atoms with Crippen LogP contribution < -0.4 is 11.1 Å². The van der Waals surface area contributed by atoms with Gasteiger partial charge in [-0.05, 0) is 25.5 Å². The zero-order valence-corrected chi connectivity index (χ0v) is 11.4. The van der Waals surface area contributed by atoms with Crippen LogP contribution >= 0.6 is 0 Å². The number of anilines is 1. The Morgan fingerprint density at radius 1 is 1.35 bits per heavy atom. The molecule has 0 heterocycles. The lowest BCUT2D eigenvalue weighted by molar-refractivity contribution is -0.123. The molecular weight excluding hydrogens is 271 g/mol. The van der Waals surface area contributed by atoms with Crippen LogP contribution in [0.4, 0.5) is 23.7 Å². The van der Waals surface area contributed by atoms with Gasteiger partial charge in [-0.1, -0.05) is 18.2 Å². The number of carbonyl (C=O) groups is 1. The minimum Gasteiger partial charge on any atom is -0.398 e. The number of nitrogens with one attached hydrogen (secondary N) is 1. The summed E-state index contributed by atoms with van der Waals surface area (Å²) < 4.78 is 36.4. The van der Waals surface area contributed by atoms with E-state index in [9.17, 15) is 18.0 Å². The second kappa shape index (κ2) is 6.49. The molecule has 0 radical (unpaired) electrons. The normalized spacial score (nSPS) is 11.5. The van der Waals surface area contributed by atoms with Crippen molar-refractivity contribution in [2.45, 2.75) is 32.6 Å². The summed E-state index contributed by atoms with van der Waals surface area (Å²) in [7, 11) is 0. The van der Waals surface area contributed by atoms with Crippen LogP contribution in [0.1, 0.15) is 19.4 Å². The molecule has 0 atom stereocenters. The molecule has 2 amide bonds. The van der Waals surface area contributed by atoms with E-state index in [1.54, 1.807) is 38.1 Å². The zero-order chi connectivity index (χ0) is 15.3. The second-order valence-electron chi connectivity index (χ2n) is 4.69. The van der Waals surface area contributed by atoms with Crippen LogP contribution in [-0.4, -0.2) is 29.7 Å². The van der Waals surface area contributed by atoms with Crippen molar-refractivity contribution in [3.63, 3.8) is 0 Å². The Bertz CT molecular complexity index is 460. The van der Waals surface area contributed by atoms with Gasteiger partial charge in [-0.15, -0.1) is 0 Å². The molecule has 1 rings (SSSR count). The maximum absolute atomic E-state index is 12.1. The van der Waals surface area contributed by atoms with E-state index in [-0.39, 0.29) is 12.6 Å². The van der Waals surface area contributed by atoms with Gasteiger partial charge in [0.1, 0.15) is 6.54 Å². The molecule has 0 aromatic heterocycles. The summed E-state index contributed by atoms with van der Waals surface area (Å²) in [6, 6.07) is 5.92. The summed E-state index contributed by atoms with van der Waals surface area (Å²) in [5.74, 6) is 0. The number of benzene rings is 1. The Hall–Kier alpha value is -1.92. The molecule has 0 unspecified atom stereocenters. The summed E-state index contributed by atoms with van der Waals surface area (Å²) in [6.07, 6.45) is -4.43. The molecule has 20 heavy (non-hydrogen) atoms. The van der Waals surface area contributed by atoms with Crippen LogP contribution in [0.25, 0.3) is 0 Å². The van der Waals surface area contributed by atoms with Gasteiger partial charge in [0.25, 0.3) is 0 Å². The van der Waals surface area contributed by atoms with E-state index in [2.05, 4.69) is 0 Å². The van der Waals surface area contributed by atoms with Gasteiger partial charge in [0.15, 0.2) is 0 Å². The fourth-order valence-corrected chi connectivity index (χ4v) is 1.63. The summed E-state index contributed by atoms with van der Waals surface area (Å²) in [5, 5.41) is 1.86. The number of rotatable bonds is 4. The molecule has 1 aromatic rings. The topological polar surface area (TPSA) is 58.4 Å². The SMILES string of the molecule is CC(C)N(Cc1ccccc1N)C(=O)NCC(F)(F)F. The number of alkyl halides is 3. The third kappa shape index (κ3) is 4.99. The summed E-state index contributed by atoms with van der Waals surface area (Å²) in [4.78, 5) is 13.1. The highest BCUT2D eigenvalue weighted by atomic mass is 19.4. The van der Waals surface area contributed by atoms with E-state index in [1.807, 2.05) is 5.32 Å². The Morgan fingerprint density at radius 2 is 1.95 bits per heavy atom. The number of urea groups is 1. The van der Waals surface area contributed by atoms with Gasteiger partial charge in [0, 0.05) is 18.3 Å². The minimum absolute atomic E-state index is 0.161. The molecule has 0 fully saturated rings. The van der Waals surface area contributed by atoms with Crippen molar-refractivity contribution in [1.29, 1.82) is 0 Å². The van der Waals surface area contributed by atoms with Crippen molar-refractivity contribution in [3.05, 3.63) is 29.8 Å². The number of carbonyl (C=O) groups excluding carboxylic acids is 1. The zero-order valence-electron chi connectivity index (χ0n) is 11.4. The first-order valence-corrected chi connectivity index (χ1v) is 6.15. The van der Waals surface area contributed by atoms with Gasteiger partial charge in [-0.3, -0.25) is 0 Å². The van der Waals surface area contributed by atoms with E-state index in [1.165, 1.54) is 4.90 Å². The van der Waals surface area contributed by atoms with Crippen molar-refractivity contribution in [2.24, 2.45) is 0 Å². The number of para-hydroxylation sites is 1. The molecule has 0 aliphatic carbocycles. The van der Waals surface area contributed by atoms with Crippen LogP contribution in [0.2, 0.25) is 0 Å². The third-order valence-electron chi connectivity index (χ3n) is 2.72. The van der Waals surface area contributed by atoms with Crippen LogP contribution in [0.3, 0.4) is 0 Å². The number of nitrogen functional groups attached to an aromatic ring is 1. The lowest BCUT2D eigenvalue weighted by atomic mass is 10.1. The smallest absolute Gasteiger partial charge is 0.398 e. The maximum atomic E-state index is 12.1. The summed E-state index contributed by atoms with van der Waals surface area (Å²) in [5.41, 5.74) is 6.97. The predicted octanol–water partition coefficient (Wildman–Crippen LogP) is 2.75. The predicted molar refractivity (Wildman–Crippen MR) is 71.0 cm³/mol. The number of hydrogen-bond acceptors (Lipinski definition) is 2. The molecule has 0 bridgehead atoms. The van der Waals surface area contributed by atoms with E-state index in [4.69, 9.17) is 5.73 Å². The largest absolute Gasteiger partial charge is 0.405 e. The number of nitrogens with zero attached hydrogens (tertiary/aromatic N) is 1. The monoisotopic (exact) mass is 289 g/mol. The van der Waals surface area contributed by atoms with Crippen LogP contribution in [0, 0.1) is 0 Å². The molecule has 7 heteroatoms. The van der Waals surface area contributed by atoms with E-state index in [0.29, 0.717) is 11.3 Å². The van der Waals surface area contributed by atoms with Gasteiger partial charge in [-0.25, -0.2) is 4.79 Å². The highest BCUT2D eigenvalue weighted by molar-refractivity contribution is 5.74. The molecule has 0 saturated heterocycles. The molecular formula is C13H18F3N3O. The average Bonchev–Trinajstić information content (AvgIpc) is 2.33. The van der Waals surface area contributed by atoms with Crippen LogP contribution in [0.5, 0.6) is 0 Å². The molecule has 0 aliphatic heterocycles. The van der Waals surface area contributed by atoms with Crippen LogP contribution in [0.15, 0.2) is 24.3 Å². The quantitative estimate of drug-likeness (QED) is 0.837. The van der Waals surface area contributed by atoms with E-state index >= 15 is 0 Å². The van der Waals surface area contributed by atoms with Gasteiger partial charge >= 0.3 is 12.2 Å². The van der Waals surface area contributed by atoms with Gasteiger partial charge in [-0.2, -0.15) is 13.2 Å². The number of hydrogen-bond donors (Lipinski definition) is 2. The molecule has 0 aliphatic rings. The Balaban J connectivity index is 2.75. The molecule has 1 aromatic carbocycles. The summed E-state index contributed by atoms with van der Waals surface area (Å²) >= 11 is 0. The Morgan fingerprint density at radius 3 is 2.45 bits per heavy atom. The lowest BCUT2D eigenvalue weighted by Crippen LogP contribution is -2.46. The highest BCUT2D eigenvalue weighted by Crippen LogP contribution is 2.16. The standard InChI is InChI=1S/C13H18F3N3O/c1-9(2)19(12(20)18-8-13(14,15)16)7-10-5-3-4-6-11(10)17/h3-6,9H,7-8,17H2,1-2H3,(H,18,20). The third-order valence-corrected chi connectivity index (χ3v) is 2.72. The minimum atomic E-state index is -4.43. The first-order chi connectivity index (χ1) is 9.20. The number of halogens is 3. The molecule has 112 valence electrons. The number of nitrogens with two attached hydrogens (primary N) is 1. The fraction of sp³-hybridized carbons (Fsp3) is 0.462. The fourth-order valence-electron chi connectivity index (χ4n) is 1.63. The highest BCUT2D eigenvalue weighted by Gasteiger charge is 2.29. The maximum Gasteiger partial charge on any atom is 0.405 e. The first kappa shape index (κ1) is 16.1. The average molecular weight is 289 g/mol. The van der Waals surface area contributed by atoms with Crippen molar-refractivity contribution in [2.75, 3.05) is 12.3 Å². The summed E-state index contributed by atoms with van der Waals surface area (Å²) in [6.45, 7) is 2.27. The second-order valence-corrected chi connectivity index (χ2v) is 4.69. The van der Waals surface area contributed by atoms with Crippen molar-refractivity contribution < 1.29 is 18.0 Å². The lowest BCUT2D eigenvalue weighted by Gasteiger charge is -2.27. The van der Waals surface area contributed by atoms with Gasteiger partial charge in [0.05, 0.1) is 0 Å². The van der Waals surface area contributed by atoms with Crippen molar-refractivity contribution >= 4 is 11.7 Å².